The second kappa shape index (κ2) is 16.2. The zero-order valence-electron chi connectivity index (χ0n) is 29.2. The number of benzene rings is 4. The minimum atomic E-state index is -5.05. The Morgan fingerprint density at radius 1 is 0.889 bits per heavy atom. The Hall–Kier alpha value is -4.95. The molecule has 2 amide bonds. The van der Waals surface area contributed by atoms with Crippen molar-refractivity contribution in [3.63, 3.8) is 0 Å². The van der Waals surface area contributed by atoms with Gasteiger partial charge in [0.1, 0.15) is 11.7 Å². The molecule has 13 heteroatoms. The van der Waals surface area contributed by atoms with Crippen LogP contribution in [0, 0.1) is 5.92 Å². The molecule has 0 radical (unpaired) electrons. The highest BCUT2D eigenvalue weighted by Gasteiger charge is 2.47. The van der Waals surface area contributed by atoms with Gasteiger partial charge in [0.2, 0.25) is 5.91 Å². The van der Waals surface area contributed by atoms with Gasteiger partial charge in [-0.1, -0.05) is 116 Å². The number of alkyl halides is 3. The Bertz CT molecular complexity index is 1990. The Morgan fingerprint density at radius 2 is 1.54 bits per heavy atom. The van der Waals surface area contributed by atoms with E-state index in [0.29, 0.717) is 39.3 Å². The van der Waals surface area contributed by atoms with Gasteiger partial charge in [-0.15, -0.1) is 0 Å². The highest BCUT2D eigenvalue weighted by atomic mass is 32.2. The molecule has 0 bridgehead atoms. The van der Waals surface area contributed by atoms with E-state index in [2.05, 4.69) is 12.2 Å². The fourth-order valence-electron chi connectivity index (χ4n) is 6.80. The van der Waals surface area contributed by atoms with Gasteiger partial charge in [-0.05, 0) is 36.1 Å². The van der Waals surface area contributed by atoms with Gasteiger partial charge in [-0.2, -0.15) is 13.2 Å². The second-order valence-electron chi connectivity index (χ2n) is 13.3. The van der Waals surface area contributed by atoms with Gasteiger partial charge in [-0.3, -0.25) is 9.59 Å². The molecule has 0 aliphatic carbocycles. The molecule has 3 heterocycles. The minimum absolute atomic E-state index is 0.0846. The van der Waals surface area contributed by atoms with Gasteiger partial charge in [0.05, 0.1) is 18.8 Å². The number of ether oxygens (including phenoxy) is 2. The topological polar surface area (TPSA) is 114 Å². The van der Waals surface area contributed by atoms with Crippen LogP contribution in [0.4, 0.5) is 18.9 Å². The van der Waals surface area contributed by atoms with Crippen LogP contribution < -0.4 is 5.32 Å². The lowest BCUT2D eigenvalue weighted by Crippen LogP contribution is -2.48. The maximum absolute atomic E-state index is 13.1. The molecule has 2 saturated heterocycles. The predicted octanol–water partition coefficient (Wildman–Crippen LogP) is 8.58. The summed E-state index contributed by atoms with van der Waals surface area (Å²) in [5.41, 5.74) is 5.29. The molecule has 0 saturated carbocycles. The lowest BCUT2D eigenvalue weighted by molar-refractivity contribution is -0.268. The highest BCUT2D eigenvalue weighted by Crippen LogP contribution is 2.44. The van der Waals surface area contributed by atoms with Crippen molar-refractivity contribution in [2.75, 3.05) is 17.6 Å². The number of aliphatic hydroxyl groups is 1. The van der Waals surface area contributed by atoms with Crippen LogP contribution in [0.15, 0.2) is 119 Å². The molecule has 4 aromatic carbocycles. The lowest BCUT2D eigenvalue weighted by atomic mass is 9.91. The molecule has 0 unspecified atom stereocenters. The van der Waals surface area contributed by atoms with E-state index in [-0.39, 0.29) is 37.7 Å². The van der Waals surface area contributed by atoms with Gasteiger partial charge in [-0.25, -0.2) is 4.98 Å². The van der Waals surface area contributed by atoms with Crippen LogP contribution in [0.5, 0.6) is 0 Å². The summed E-state index contributed by atoms with van der Waals surface area (Å²) in [6.07, 6.45) is -6.13. The van der Waals surface area contributed by atoms with Crippen LogP contribution in [0.2, 0.25) is 0 Å². The average molecular weight is 758 g/mol. The third-order valence-electron chi connectivity index (χ3n) is 9.69. The summed E-state index contributed by atoms with van der Waals surface area (Å²) in [5.74, 6) is -1.65. The highest BCUT2D eigenvalue weighted by molar-refractivity contribution is 7.99. The number of carbonyl (C=O) groups excluding carboxylic acids is 2. The molecule has 5 aromatic rings. The van der Waals surface area contributed by atoms with Crippen LogP contribution >= 0.6 is 11.8 Å². The fourth-order valence-corrected chi connectivity index (χ4v) is 7.78. The van der Waals surface area contributed by atoms with Crippen molar-refractivity contribution in [3.8, 4) is 22.6 Å². The van der Waals surface area contributed by atoms with Crippen molar-refractivity contribution >= 4 is 29.3 Å². The van der Waals surface area contributed by atoms with Crippen molar-refractivity contribution in [1.82, 2.24) is 9.88 Å². The number of oxazole rings is 1. The van der Waals surface area contributed by atoms with E-state index in [1.807, 2.05) is 84.9 Å². The zero-order valence-corrected chi connectivity index (χ0v) is 30.1. The summed E-state index contributed by atoms with van der Waals surface area (Å²) < 4.78 is 58.9. The maximum Gasteiger partial charge on any atom is 0.471 e. The number of rotatable bonds is 10. The molecule has 2 fully saturated rings. The predicted molar refractivity (Wildman–Crippen MR) is 197 cm³/mol. The summed E-state index contributed by atoms with van der Waals surface area (Å²) in [5, 5.41) is 12.8. The fraction of sp³-hybridized carbons (Fsp3) is 0.293. The summed E-state index contributed by atoms with van der Waals surface area (Å²) in [6.45, 7) is 1.84. The molecule has 54 heavy (non-hydrogen) atoms. The molecule has 2 N–H and O–H groups in total. The molecular formula is C41H38F3N3O6S. The first-order chi connectivity index (χ1) is 26.1. The number of nitrogens with one attached hydrogen (secondary N) is 1. The van der Waals surface area contributed by atoms with Crippen LogP contribution in [0.1, 0.15) is 48.8 Å². The van der Waals surface area contributed by atoms with E-state index >= 15 is 0 Å². The number of likely N-dealkylation sites (tertiary alicyclic amines) is 1. The number of halogens is 3. The summed E-state index contributed by atoms with van der Waals surface area (Å²) in [7, 11) is 0. The van der Waals surface area contributed by atoms with Crippen molar-refractivity contribution in [2.45, 2.75) is 62.3 Å². The number of hydrogen-bond acceptors (Lipinski definition) is 8. The van der Waals surface area contributed by atoms with E-state index < -0.39 is 30.3 Å². The number of hydrogen-bond donors (Lipinski definition) is 2. The average Bonchev–Trinajstić information content (AvgIpc) is 3.86. The standard InChI is InChI=1S/C41H38F3N3O6S/c1-25-33(24-54-40-46-34(27-9-4-2-5-10-27)36(53-40)28-11-6-3-7-12-28)51-38(52-35(25)29-16-14-26(23-48)15-17-29)30-18-20-31(21-19-30)45-37(49)32-13-8-22-47(32)39(50)41(42,43)44/h2-7,9-12,14-21,25,32-33,35,38,48H,8,13,22-24H2,1H3,(H,45,49)/t25-,32-,33+,35+,38+/m0/s1. The Balaban J connectivity index is 1.10. The Morgan fingerprint density at radius 3 is 2.19 bits per heavy atom. The smallest absolute Gasteiger partial charge is 0.431 e. The third-order valence-corrected chi connectivity index (χ3v) is 10.6. The van der Waals surface area contributed by atoms with E-state index in [1.165, 1.54) is 11.8 Å². The lowest BCUT2D eigenvalue weighted by Gasteiger charge is -2.41. The molecule has 280 valence electrons. The van der Waals surface area contributed by atoms with Gasteiger partial charge < -0.3 is 29.2 Å². The number of thioether (sulfide) groups is 1. The van der Waals surface area contributed by atoms with Gasteiger partial charge >= 0.3 is 12.1 Å². The van der Waals surface area contributed by atoms with Crippen LogP contribution in [0.25, 0.3) is 22.6 Å². The van der Waals surface area contributed by atoms with E-state index in [1.54, 1.807) is 24.3 Å². The Kier molecular flexibility index (Phi) is 11.2. The number of aliphatic hydroxyl groups excluding tert-OH is 1. The molecular weight excluding hydrogens is 720 g/mol. The zero-order chi connectivity index (χ0) is 37.8. The van der Waals surface area contributed by atoms with Crippen LogP contribution in [-0.4, -0.2) is 57.4 Å². The summed E-state index contributed by atoms with van der Waals surface area (Å²) >= 11 is 1.44. The molecule has 7 rings (SSSR count). The summed E-state index contributed by atoms with van der Waals surface area (Å²) in [4.78, 5) is 30.4. The number of aromatic nitrogens is 1. The van der Waals surface area contributed by atoms with Gasteiger partial charge in [0.15, 0.2) is 12.1 Å². The van der Waals surface area contributed by atoms with E-state index in [9.17, 15) is 27.9 Å². The van der Waals surface area contributed by atoms with E-state index in [0.717, 1.165) is 27.9 Å². The molecule has 5 atom stereocenters. The van der Waals surface area contributed by atoms with E-state index in [4.69, 9.17) is 18.9 Å². The Labute approximate surface area is 314 Å². The summed E-state index contributed by atoms with van der Waals surface area (Å²) in [6, 6.07) is 32.8. The van der Waals surface area contributed by atoms with Crippen molar-refractivity contribution in [1.29, 1.82) is 0 Å². The SMILES string of the molecule is C[C@H]1[C@@H](CSc2nc(-c3ccccc3)c(-c3ccccc3)o2)O[C@@H](c2ccc(NC(=O)[C@@H]3CCCN3C(=O)C(F)(F)F)cc2)O[C@H]1c1ccc(CO)cc1. The molecule has 9 nitrogen and oxygen atoms in total. The van der Waals surface area contributed by atoms with Crippen molar-refractivity contribution in [2.24, 2.45) is 5.92 Å². The third kappa shape index (κ3) is 8.24. The van der Waals surface area contributed by atoms with Gasteiger partial charge in [0.25, 0.3) is 5.22 Å². The monoisotopic (exact) mass is 757 g/mol. The number of amides is 2. The van der Waals surface area contributed by atoms with Crippen LogP contribution in [0.3, 0.4) is 0 Å². The van der Waals surface area contributed by atoms with Gasteiger partial charge in [0, 0.05) is 40.6 Å². The van der Waals surface area contributed by atoms with Crippen molar-refractivity contribution in [3.05, 3.63) is 126 Å². The number of carbonyl (C=O) groups is 2. The number of anilines is 1. The molecule has 0 spiro atoms. The largest absolute Gasteiger partial charge is 0.471 e. The second-order valence-corrected chi connectivity index (χ2v) is 14.3. The van der Waals surface area contributed by atoms with Crippen molar-refractivity contribution < 1.29 is 41.8 Å². The number of nitrogens with zero attached hydrogens (tertiary/aromatic N) is 2. The maximum atomic E-state index is 13.1. The molecule has 2 aliphatic rings. The van der Waals surface area contributed by atoms with Crippen LogP contribution in [-0.2, 0) is 25.7 Å². The quantitative estimate of drug-likeness (QED) is 0.136. The molecule has 1 aromatic heterocycles. The molecule has 2 aliphatic heterocycles. The first-order valence-corrected chi connectivity index (χ1v) is 18.6. The normalized spacial score (nSPS) is 21.6. The first-order valence-electron chi connectivity index (χ1n) is 17.6. The minimum Gasteiger partial charge on any atom is -0.431 e. The first kappa shape index (κ1) is 37.4.